The molecule has 4 nitrogen and oxygen atoms in total. The van der Waals surface area contributed by atoms with Gasteiger partial charge >= 0.3 is 0 Å². The van der Waals surface area contributed by atoms with Crippen LogP contribution in [0.25, 0.3) is 11.1 Å². The zero-order valence-electron chi connectivity index (χ0n) is 16.8. The molecule has 1 N–H and O–H groups in total. The van der Waals surface area contributed by atoms with E-state index in [0.29, 0.717) is 6.54 Å². The van der Waals surface area contributed by atoms with E-state index in [1.165, 1.54) is 10.4 Å². The fourth-order valence-electron chi connectivity index (χ4n) is 4.26. The highest BCUT2D eigenvalue weighted by molar-refractivity contribution is 7.09. The third-order valence-electron chi connectivity index (χ3n) is 5.68. The number of nitrogens with zero attached hydrogens (tertiary/aromatic N) is 2. The van der Waals surface area contributed by atoms with Gasteiger partial charge in [0, 0.05) is 36.9 Å². The van der Waals surface area contributed by atoms with Gasteiger partial charge in [0.25, 0.3) is 0 Å². The van der Waals surface area contributed by atoms with Crippen LogP contribution in [0.15, 0.2) is 66.3 Å². The van der Waals surface area contributed by atoms with Gasteiger partial charge in [-0.2, -0.15) is 0 Å². The number of carbonyl (C=O) groups is 1. The highest BCUT2D eigenvalue weighted by Gasteiger charge is 2.44. The van der Waals surface area contributed by atoms with Crippen LogP contribution in [0.1, 0.15) is 23.8 Å². The molecule has 3 heterocycles. The van der Waals surface area contributed by atoms with Gasteiger partial charge in [-0.3, -0.25) is 14.7 Å². The summed E-state index contributed by atoms with van der Waals surface area (Å²) in [6.45, 7) is 5.34. The molecule has 0 spiro atoms. The van der Waals surface area contributed by atoms with Crippen LogP contribution in [0.3, 0.4) is 0 Å². The van der Waals surface area contributed by atoms with Crippen LogP contribution < -0.4 is 5.32 Å². The maximum absolute atomic E-state index is 13.1. The van der Waals surface area contributed by atoms with Crippen molar-refractivity contribution in [3.05, 3.63) is 76.7 Å². The lowest BCUT2D eigenvalue weighted by molar-refractivity contribution is -0.130. The Balaban J connectivity index is 1.56. The first-order valence-corrected chi connectivity index (χ1v) is 11.1. The quantitative estimate of drug-likeness (QED) is 0.634. The number of benzene rings is 1. The molecule has 1 fully saturated rings. The Bertz CT molecular complexity index is 942. The molecule has 4 rings (SSSR count). The molecular weight excluding hydrogens is 378 g/mol. The zero-order valence-corrected chi connectivity index (χ0v) is 17.6. The average molecular weight is 406 g/mol. The van der Waals surface area contributed by atoms with Crippen molar-refractivity contribution < 1.29 is 4.79 Å². The van der Waals surface area contributed by atoms with Gasteiger partial charge in [-0.15, -0.1) is 11.3 Å². The van der Waals surface area contributed by atoms with Crippen LogP contribution >= 0.6 is 11.3 Å². The third-order valence-corrected chi connectivity index (χ3v) is 6.54. The fraction of sp³-hybridized carbons (Fsp3) is 0.333. The van der Waals surface area contributed by atoms with Gasteiger partial charge in [0.15, 0.2) is 0 Å². The lowest BCUT2D eigenvalue weighted by Crippen LogP contribution is -2.44. The summed E-state index contributed by atoms with van der Waals surface area (Å²) in [6.07, 6.45) is 5.32. The molecule has 5 heteroatoms. The third kappa shape index (κ3) is 4.57. The van der Waals surface area contributed by atoms with Gasteiger partial charge in [0.05, 0.1) is 5.41 Å². The Hall–Kier alpha value is -2.50. The van der Waals surface area contributed by atoms with Crippen molar-refractivity contribution in [3.63, 3.8) is 0 Å². The summed E-state index contributed by atoms with van der Waals surface area (Å²) in [5.41, 5.74) is 3.08. The maximum atomic E-state index is 13.1. The number of hydrogen-bond donors (Lipinski definition) is 1. The molecule has 0 bridgehead atoms. The largest absolute Gasteiger partial charge is 0.356 e. The Morgan fingerprint density at radius 3 is 2.86 bits per heavy atom. The normalized spacial score (nSPS) is 19.3. The number of amides is 1. The Morgan fingerprint density at radius 1 is 1.21 bits per heavy atom. The monoisotopic (exact) mass is 405 g/mol. The first kappa shape index (κ1) is 19.8. The van der Waals surface area contributed by atoms with Gasteiger partial charge in [-0.05, 0) is 60.5 Å². The molecule has 0 aliphatic carbocycles. The predicted octanol–water partition coefficient (Wildman–Crippen LogP) is 4.38. The standard InChI is InChI=1S/C24H27N3OS/c1-2-26-23(28)24(10-12-27(18-24)17-22-9-5-13-29-22)15-19-6-3-7-20(14-19)21-8-4-11-25-16-21/h3-9,11,13-14,16H,2,10,12,15,17-18H2,1H3,(H,26,28)/t24-/m0/s1. The van der Waals surface area contributed by atoms with Gasteiger partial charge in [0.1, 0.15) is 0 Å². The Kier molecular flexibility index (Phi) is 6.07. The number of carbonyl (C=O) groups excluding carboxylic acids is 1. The van der Waals surface area contributed by atoms with E-state index in [4.69, 9.17) is 0 Å². The highest BCUT2D eigenvalue weighted by Crippen LogP contribution is 2.36. The zero-order chi connectivity index (χ0) is 20.1. The topological polar surface area (TPSA) is 45.2 Å². The van der Waals surface area contributed by atoms with Crippen LogP contribution in [0.2, 0.25) is 0 Å². The van der Waals surface area contributed by atoms with E-state index in [0.717, 1.165) is 43.6 Å². The second kappa shape index (κ2) is 8.89. The summed E-state index contributed by atoms with van der Waals surface area (Å²) in [5, 5.41) is 5.22. The molecule has 150 valence electrons. The number of pyridine rings is 1. The number of hydrogen-bond acceptors (Lipinski definition) is 4. The Labute approximate surface area is 176 Å². The summed E-state index contributed by atoms with van der Waals surface area (Å²) < 4.78 is 0. The van der Waals surface area contributed by atoms with Crippen molar-refractivity contribution in [2.24, 2.45) is 5.41 Å². The van der Waals surface area contributed by atoms with Crippen molar-refractivity contribution in [1.82, 2.24) is 15.2 Å². The average Bonchev–Trinajstić information content (AvgIpc) is 3.40. The van der Waals surface area contributed by atoms with E-state index in [2.05, 4.69) is 63.0 Å². The van der Waals surface area contributed by atoms with E-state index in [1.54, 1.807) is 17.5 Å². The SMILES string of the molecule is CCNC(=O)[C@]1(Cc2cccc(-c3cccnc3)c2)CCN(Cc2cccs2)C1. The first-order valence-electron chi connectivity index (χ1n) is 10.2. The molecule has 0 saturated carbocycles. The van der Waals surface area contributed by atoms with E-state index >= 15 is 0 Å². The molecule has 1 amide bonds. The van der Waals surface area contributed by atoms with Gasteiger partial charge in [0.2, 0.25) is 5.91 Å². The van der Waals surface area contributed by atoms with Crippen molar-refractivity contribution in [1.29, 1.82) is 0 Å². The molecular formula is C24H27N3OS. The minimum absolute atomic E-state index is 0.181. The molecule has 1 aromatic carbocycles. The molecule has 1 atom stereocenters. The molecule has 1 saturated heterocycles. The fourth-order valence-corrected chi connectivity index (χ4v) is 5.01. The van der Waals surface area contributed by atoms with Gasteiger partial charge in [-0.25, -0.2) is 0 Å². The van der Waals surface area contributed by atoms with E-state index in [1.807, 2.05) is 19.2 Å². The number of nitrogens with one attached hydrogen (secondary N) is 1. The summed E-state index contributed by atoms with van der Waals surface area (Å²) in [7, 11) is 0. The van der Waals surface area contributed by atoms with E-state index < -0.39 is 0 Å². The van der Waals surface area contributed by atoms with Crippen LogP contribution in [-0.4, -0.2) is 35.4 Å². The maximum Gasteiger partial charge on any atom is 0.227 e. The molecule has 3 aromatic rings. The summed E-state index contributed by atoms with van der Waals surface area (Å²) in [6, 6.07) is 16.8. The summed E-state index contributed by atoms with van der Waals surface area (Å²) in [4.78, 5) is 21.1. The highest BCUT2D eigenvalue weighted by atomic mass is 32.1. The van der Waals surface area contributed by atoms with Gasteiger partial charge < -0.3 is 5.32 Å². The van der Waals surface area contributed by atoms with Crippen LogP contribution in [0.4, 0.5) is 0 Å². The van der Waals surface area contributed by atoms with Crippen LogP contribution in [0, 0.1) is 5.41 Å². The first-order chi connectivity index (χ1) is 14.2. The predicted molar refractivity (Wildman–Crippen MR) is 119 cm³/mol. The van der Waals surface area contributed by atoms with E-state index in [9.17, 15) is 4.79 Å². The number of rotatable bonds is 7. The molecule has 0 unspecified atom stereocenters. The Morgan fingerprint density at radius 2 is 2.10 bits per heavy atom. The minimum Gasteiger partial charge on any atom is -0.356 e. The lowest BCUT2D eigenvalue weighted by atomic mass is 9.79. The molecule has 29 heavy (non-hydrogen) atoms. The minimum atomic E-state index is -0.374. The van der Waals surface area contributed by atoms with Crippen molar-refractivity contribution >= 4 is 17.2 Å². The van der Waals surface area contributed by atoms with Crippen molar-refractivity contribution in [2.75, 3.05) is 19.6 Å². The van der Waals surface area contributed by atoms with Crippen LogP contribution in [-0.2, 0) is 17.8 Å². The summed E-state index contributed by atoms with van der Waals surface area (Å²) in [5.74, 6) is 0.181. The second-order valence-corrected chi connectivity index (χ2v) is 8.83. The smallest absolute Gasteiger partial charge is 0.227 e. The second-order valence-electron chi connectivity index (χ2n) is 7.80. The van der Waals surface area contributed by atoms with Crippen LogP contribution in [0.5, 0.6) is 0 Å². The molecule has 1 aliphatic rings. The lowest BCUT2D eigenvalue weighted by Gasteiger charge is -2.28. The number of thiophene rings is 1. The molecule has 2 aromatic heterocycles. The van der Waals surface area contributed by atoms with Crippen molar-refractivity contribution in [2.45, 2.75) is 26.3 Å². The molecule has 1 aliphatic heterocycles. The number of likely N-dealkylation sites (tertiary alicyclic amines) is 1. The van der Waals surface area contributed by atoms with E-state index in [-0.39, 0.29) is 11.3 Å². The van der Waals surface area contributed by atoms with Crippen molar-refractivity contribution in [3.8, 4) is 11.1 Å². The molecule has 0 radical (unpaired) electrons. The van der Waals surface area contributed by atoms with Gasteiger partial charge in [-0.1, -0.05) is 36.4 Å². The number of aromatic nitrogens is 1. The summed E-state index contributed by atoms with van der Waals surface area (Å²) >= 11 is 1.78.